The number of ether oxygens (including phenoxy) is 1. The third kappa shape index (κ3) is 2.68. The lowest BCUT2D eigenvalue weighted by Crippen LogP contribution is -2.06. The lowest BCUT2D eigenvalue weighted by molar-refractivity contribution is 0.0361. The van der Waals surface area contributed by atoms with Gasteiger partial charge in [-0.3, -0.25) is 0 Å². The quantitative estimate of drug-likeness (QED) is 0.684. The summed E-state index contributed by atoms with van der Waals surface area (Å²) in [4.78, 5) is 0. The second-order valence-electron chi connectivity index (χ2n) is 2.65. The Morgan fingerprint density at radius 1 is 1.67 bits per heavy atom. The topological polar surface area (TPSA) is 42.6 Å². The van der Waals surface area contributed by atoms with Gasteiger partial charge in [-0.2, -0.15) is 0 Å². The molecule has 3 nitrogen and oxygen atoms in total. The monoisotopic (exact) mass is 170 g/mol. The first-order chi connectivity index (χ1) is 5.84. The molecule has 1 atom stereocenters. The minimum Gasteiger partial charge on any atom is -0.472 e. The van der Waals surface area contributed by atoms with Gasteiger partial charge >= 0.3 is 0 Å². The molecule has 0 radical (unpaired) electrons. The van der Waals surface area contributed by atoms with Crippen LogP contribution in [0.1, 0.15) is 25.0 Å². The Hall–Kier alpha value is -0.800. The summed E-state index contributed by atoms with van der Waals surface area (Å²) in [6.07, 6.45) is 3.48. The van der Waals surface area contributed by atoms with Gasteiger partial charge in [-0.05, 0) is 12.5 Å². The molecule has 0 amide bonds. The largest absolute Gasteiger partial charge is 0.472 e. The fraction of sp³-hybridized carbons (Fsp3) is 0.556. The minimum absolute atomic E-state index is 0.341. The highest BCUT2D eigenvalue weighted by molar-refractivity contribution is 5.08. The van der Waals surface area contributed by atoms with Crippen LogP contribution in [-0.2, 0) is 4.74 Å². The molecule has 3 heteroatoms. The highest BCUT2D eigenvalue weighted by Gasteiger charge is 2.07. The third-order valence-corrected chi connectivity index (χ3v) is 1.55. The molecule has 12 heavy (non-hydrogen) atoms. The van der Waals surface area contributed by atoms with Gasteiger partial charge in [0.25, 0.3) is 0 Å². The van der Waals surface area contributed by atoms with Crippen LogP contribution >= 0.6 is 0 Å². The van der Waals surface area contributed by atoms with E-state index in [0.717, 1.165) is 12.0 Å². The zero-order chi connectivity index (χ0) is 8.81. The van der Waals surface area contributed by atoms with E-state index in [0.29, 0.717) is 13.2 Å². The molecule has 0 fully saturated rings. The normalized spacial score (nSPS) is 13.2. The molecule has 1 heterocycles. The molecule has 0 saturated heterocycles. The Morgan fingerprint density at radius 2 is 2.50 bits per heavy atom. The van der Waals surface area contributed by atoms with Crippen LogP contribution in [0.4, 0.5) is 0 Å². The van der Waals surface area contributed by atoms with Crippen molar-refractivity contribution in [3.63, 3.8) is 0 Å². The smallest absolute Gasteiger partial charge is 0.105 e. The van der Waals surface area contributed by atoms with Gasteiger partial charge in [0.2, 0.25) is 0 Å². The van der Waals surface area contributed by atoms with Crippen molar-refractivity contribution in [2.24, 2.45) is 0 Å². The second kappa shape index (κ2) is 4.95. The lowest BCUT2D eigenvalue weighted by Gasteiger charge is -2.07. The van der Waals surface area contributed by atoms with Crippen molar-refractivity contribution in [3.05, 3.63) is 24.2 Å². The summed E-state index contributed by atoms with van der Waals surface area (Å²) in [5.41, 5.74) is 0.770. The van der Waals surface area contributed by atoms with Gasteiger partial charge in [-0.15, -0.1) is 0 Å². The standard InChI is InChI=1S/C9H14O3/c1-2-4-11-7-9(10)8-3-5-12-6-8/h3,5-6,9-10H,2,4,7H2,1H3. The van der Waals surface area contributed by atoms with E-state index >= 15 is 0 Å². The van der Waals surface area contributed by atoms with Crippen molar-refractivity contribution in [2.45, 2.75) is 19.4 Å². The molecular weight excluding hydrogens is 156 g/mol. The fourth-order valence-corrected chi connectivity index (χ4v) is 0.900. The van der Waals surface area contributed by atoms with Crippen molar-refractivity contribution in [1.82, 2.24) is 0 Å². The van der Waals surface area contributed by atoms with Gasteiger partial charge < -0.3 is 14.3 Å². The van der Waals surface area contributed by atoms with Crippen LogP contribution < -0.4 is 0 Å². The summed E-state index contributed by atoms with van der Waals surface area (Å²) in [7, 11) is 0. The molecule has 0 aromatic carbocycles. The molecule has 1 aromatic heterocycles. The number of furan rings is 1. The van der Waals surface area contributed by atoms with Crippen LogP contribution in [0, 0.1) is 0 Å². The summed E-state index contributed by atoms with van der Waals surface area (Å²) in [6, 6.07) is 1.74. The molecule has 0 saturated carbocycles. The number of aliphatic hydroxyl groups excluding tert-OH is 1. The van der Waals surface area contributed by atoms with Gasteiger partial charge in [-0.25, -0.2) is 0 Å². The van der Waals surface area contributed by atoms with Gasteiger partial charge in [-0.1, -0.05) is 6.92 Å². The summed E-state index contributed by atoms with van der Waals surface area (Å²) >= 11 is 0. The molecule has 1 unspecified atom stereocenters. The first kappa shape index (κ1) is 9.29. The first-order valence-electron chi connectivity index (χ1n) is 4.12. The van der Waals surface area contributed by atoms with Crippen LogP contribution in [0.15, 0.2) is 23.0 Å². The Morgan fingerprint density at radius 3 is 3.08 bits per heavy atom. The van der Waals surface area contributed by atoms with Crippen LogP contribution in [0.25, 0.3) is 0 Å². The van der Waals surface area contributed by atoms with Crippen LogP contribution in [-0.4, -0.2) is 18.3 Å². The van der Waals surface area contributed by atoms with Crippen molar-refractivity contribution < 1.29 is 14.3 Å². The molecule has 1 rings (SSSR count). The molecule has 0 aliphatic carbocycles. The van der Waals surface area contributed by atoms with Gasteiger partial charge in [0.1, 0.15) is 6.10 Å². The second-order valence-corrected chi connectivity index (χ2v) is 2.65. The third-order valence-electron chi connectivity index (χ3n) is 1.55. The van der Waals surface area contributed by atoms with E-state index in [-0.39, 0.29) is 0 Å². The van der Waals surface area contributed by atoms with Gasteiger partial charge in [0, 0.05) is 12.2 Å². The average molecular weight is 170 g/mol. The first-order valence-corrected chi connectivity index (χ1v) is 4.12. The van der Waals surface area contributed by atoms with Crippen LogP contribution in [0.5, 0.6) is 0 Å². The minimum atomic E-state index is -0.560. The van der Waals surface area contributed by atoms with Crippen LogP contribution in [0.2, 0.25) is 0 Å². The Kier molecular flexibility index (Phi) is 3.84. The Labute approximate surface area is 72.0 Å². The Balaban J connectivity index is 2.25. The summed E-state index contributed by atoms with van der Waals surface area (Å²) < 4.78 is 10.0. The average Bonchev–Trinajstić information content (AvgIpc) is 2.56. The molecule has 1 aromatic rings. The van der Waals surface area contributed by atoms with Crippen molar-refractivity contribution in [2.75, 3.05) is 13.2 Å². The highest BCUT2D eigenvalue weighted by atomic mass is 16.5. The van der Waals surface area contributed by atoms with E-state index in [4.69, 9.17) is 9.15 Å². The molecule has 0 aliphatic heterocycles. The molecule has 0 spiro atoms. The fourth-order valence-electron chi connectivity index (χ4n) is 0.900. The summed E-state index contributed by atoms with van der Waals surface area (Å²) in [5.74, 6) is 0. The van der Waals surface area contributed by atoms with E-state index in [1.165, 1.54) is 6.26 Å². The van der Waals surface area contributed by atoms with Crippen LogP contribution in [0.3, 0.4) is 0 Å². The van der Waals surface area contributed by atoms with E-state index in [2.05, 4.69) is 0 Å². The highest BCUT2D eigenvalue weighted by Crippen LogP contribution is 2.12. The van der Waals surface area contributed by atoms with Gasteiger partial charge in [0.15, 0.2) is 0 Å². The molecule has 0 bridgehead atoms. The van der Waals surface area contributed by atoms with Gasteiger partial charge in [0.05, 0.1) is 19.1 Å². The van der Waals surface area contributed by atoms with E-state index in [1.54, 1.807) is 12.3 Å². The predicted octanol–water partition coefficient (Wildman–Crippen LogP) is 1.74. The zero-order valence-electron chi connectivity index (χ0n) is 7.19. The summed E-state index contributed by atoms with van der Waals surface area (Å²) in [6.45, 7) is 3.06. The zero-order valence-corrected chi connectivity index (χ0v) is 7.19. The SMILES string of the molecule is CCCOCC(O)c1ccoc1. The van der Waals surface area contributed by atoms with E-state index in [1.807, 2.05) is 6.92 Å². The predicted molar refractivity (Wildman–Crippen MR) is 44.8 cm³/mol. The lowest BCUT2D eigenvalue weighted by atomic mass is 10.2. The molecule has 1 N–H and O–H groups in total. The molecule has 0 aliphatic rings. The summed E-state index contributed by atoms with van der Waals surface area (Å²) in [5, 5.41) is 9.45. The maximum atomic E-state index is 9.45. The van der Waals surface area contributed by atoms with E-state index in [9.17, 15) is 5.11 Å². The number of aliphatic hydroxyl groups is 1. The van der Waals surface area contributed by atoms with Crippen molar-refractivity contribution in [1.29, 1.82) is 0 Å². The Bertz CT molecular complexity index is 194. The number of hydrogen-bond acceptors (Lipinski definition) is 3. The maximum Gasteiger partial charge on any atom is 0.105 e. The van der Waals surface area contributed by atoms with Crippen molar-refractivity contribution >= 4 is 0 Å². The maximum absolute atomic E-state index is 9.45. The molecular formula is C9H14O3. The molecule has 68 valence electrons. The number of hydrogen-bond donors (Lipinski definition) is 1. The number of rotatable bonds is 5. The van der Waals surface area contributed by atoms with Crippen molar-refractivity contribution in [3.8, 4) is 0 Å². The van der Waals surface area contributed by atoms with E-state index < -0.39 is 6.10 Å².